The van der Waals surface area contributed by atoms with Crippen molar-refractivity contribution in [1.82, 2.24) is 10.2 Å². The molecule has 0 aromatic heterocycles. The van der Waals surface area contributed by atoms with Crippen LogP contribution in [0.25, 0.3) is 0 Å². The van der Waals surface area contributed by atoms with Crippen molar-refractivity contribution in [2.45, 2.75) is 167 Å². The molecule has 4 fully saturated rings. The molecule has 7 atom stereocenters. The summed E-state index contributed by atoms with van der Waals surface area (Å²) in [7, 11) is 2.05. The summed E-state index contributed by atoms with van der Waals surface area (Å²) in [5, 5.41) is 3.54. The van der Waals surface area contributed by atoms with Crippen molar-refractivity contribution >= 4 is 23.6 Å². The Morgan fingerprint density at radius 3 is 2.15 bits per heavy atom. The number of carbonyl (C=O) groups excluding carboxylic acids is 2. The molecule has 230 valence electrons. The SMILES string of the molecule is CN1C(=O)CC[C@@]2(C)C1CC[C@@H]1[C@H]2CC[C@]2(C)C(NC(=O)CCCCCCCCCCCSC(C)(C)C)CC[C@@H]12. The van der Waals surface area contributed by atoms with E-state index in [2.05, 4.69) is 63.6 Å². The van der Waals surface area contributed by atoms with Gasteiger partial charge < -0.3 is 10.2 Å². The van der Waals surface area contributed by atoms with Crippen LogP contribution in [0.1, 0.15) is 150 Å². The monoisotopic (exact) mass is 574 g/mol. The van der Waals surface area contributed by atoms with E-state index in [1.165, 1.54) is 89.2 Å². The van der Waals surface area contributed by atoms with Crippen molar-refractivity contribution in [3.63, 3.8) is 0 Å². The van der Waals surface area contributed by atoms with E-state index in [9.17, 15) is 9.59 Å². The van der Waals surface area contributed by atoms with E-state index in [4.69, 9.17) is 0 Å². The molecular formula is C35H62N2O2S. The van der Waals surface area contributed by atoms with Crippen molar-refractivity contribution in [3.8, 4) is 0 Å². The maximum absolute atomic E-state index is 13.0. The Hall–Kier alpha value is -0.710. The highest BCUT2D eigenvalue weighted by molar-refractivity contribution is 8.00. The fourth-order valence-electron chi connectivity index (χ4n) is 9.66. The van der Waals surface area contributed by atoms with Gasteiger partial charge in [0.2, 0.25) is 11.8 Å². The zero-order valence-corrected chi connectivity index (χ0v) is 27.8. The summed E-state index contributed by atoms with van der Waals surface area (Å²) >= 11 is 2.09. The lowest BCUT2D eigenvalue weighted by molar-refractivity contribution is -0.157. The van der Waals surface area contributed by atoms with E-state index in [1.807, 2.05) is 0 Å². The molecule has 1 N–H and O–H groups in total. The number of piperidine rings is 1. The third-order valence-electron chi connectivity index (χ3n) is 12.0. The largest absolute Gasteiger partial charge is 0.353 e. The smallest absolute Gasteiger partial charge is 0.222 e. The Labute approximate surface area is 251 Å². The number of amides is 2. The topological polar surface area (TPSA) is 49.4 Å². The van der Waals surface area contributed by atoms with Gasteiger partial charge in [-0.3, -0.25) is 9.59 Å². The van der Waals surface area contributed by atoms with Crippen LogP contribution in [-0.4, -0.2) is 46.3 Å². The van der Waals surface area contributed by atoms with Gasteiger partial charge >= 0.3 is 0 Å². The third kappa shape index (κ3) is 7.43. The van der Waals surface area contributed by atoms with Crippen LogP contribution in [0.15, 0.2) is 0 Å². The first-order chi connectivity index (χ1) is 19.0. The molecule has 40 heavy (non-hydrogen) atoms. The first-order valence-corrected chi connectivity index (χ1v) is 18.1. The molecule has 0 radical (unpaired) electrons. The van der Waals surface area contributed by atoms with E-state index in [0.29, 0.717) is 35.1 Å². The molecule has 1 aliphatic heterocycles. The molecule has 4 nitrogen and oxygen atoms in total. The van der Waals surface area contributed by atoms with Gasteiger partial charge in [0.15, 0.2) is 0 Å². The van der Waals surface area contributed by atoms with Gasteiger partial charge in [0.05, 0.1) is 0 Å². The number of carbonyl (C=O) groups is 2. The van der Waals surface area contributed by atoms with Gasteiger partial charge in [0, 0.05) is 36.7 Å². The quantitative estimate of drug-likeness (QED) is 0.224. The summed E-state index contributed by atoms with van der Waals surface area (Å²) in [4.78, 5) is 27.5. The zero-order chi connectivity index (χ0) is 29.0. The number of thioether (sulfide) groups is 1. The van der Waals surface area contributed by atoms with Gasteiger partial charge in [-0.1, -0.05) is 79.6 Å². The van der Waals surface area contributed by atoms with Crippen LogP contribution in [-0.2, 0) is 9.59 Å². The fraction of sp³-hybridized carbons (Fsp3) is 0.943. The predicted molar refractivity (Wildman–Crippen MR) is 170 cm³/mol. The Morgan fingerprint density at radius 1 is 0.850 bits per heavy atom. The van der Waals surface area contributed by atoms with Crippen LogP contribution in [0.2, 0.25) is 0 Å². The van der Waals surface area contributed by atoms with E-state index >= 15 is 0 Å². The van der Waals surface area contributed by atoms with Crippen molar-refractivity contribution in [1.29, 1.82) is 0 Å². The molecule has 2 unspecified atom stereocenters. The Balaban J connectivity index is 1.12. The molecule has 0 aromatic rings. The van der Waals surface area contributed by atoms with Crippen molar-refractivity contribution < 1.29 is 9.59 Å². The molecule has 2 amide bonds. The second-order valence-corrected chi connectivity index (χ2v) is 17.5. The lowest BCUT2D eigenvalue weighted by Gasteiger charge is -2.61. The summed E-state index contributed by atoms with van der Waals surface area (Å²) in [5.74, 6) is 4.18. The van der Waals surface area contributed by atoms with Crippen LogP contribution in [0.3, 0.4) is 0 Å². The first kappa shape index (κ1) is 32.2. The van der Waals surface area contributed by atoms with E-state index in [0.717, 1.165) is 43.4 Å². The van der Waals surface area contributed by atoms with Gasteiger partial charge in [-0.2, -0.15) is 11.8 Å². The van der Waals surface area contributed by atoms with Crippen LogP contribution >= 0.6 is 11.8 Å². The van der Waals surface area contributed by atoms with Gasteiger partial charge in [0.25, 0.3) is 0 Å². The molecule has 5 heteroatoms. The maximum Gasteiger partial charge on any atom is 0.222 e. The van der Waals surface area contributed by atoms with Crippen molar-refractivity contribution in [3.05, 3.63) is 0 Å². The molecule has 0 spiro atoms. The number of hydrogen-bond donors (Lipinski definition) is 1. The highest BCUT2D eigenvalue weighted by atomic mass is 32.2. The van der Waals surface area contributed by atoms with Crippen LogP contribution < -0.4 is 5.32 Å². The summed E-state index contributed by atoms with van der Waals surface area (Å²) in [5.41, 5.74) is 0.529. The first-order valence-electron chi connectivity index (χ1n) is 17.1. The van der Waals surface area contributed by atoms with Gasteiger partial charge in [-0.25, -0.2) is 0 Å². The Morgan fingerprint density at radius 2 is 1.48 bits per heavy atom. The molecule has 1 saturated heterocycles. The Bertz CT molecular complexity index is 855. The molecule has 4 rings (SSSR count). The van der Waals surface area contributed by atoms with E-state index in [-0.39, 0.29) is 10.8 Å². The highest BCUT2D eigenvalue weighted by Gasteiger charge is 2.61. The van der Waals surface area contributed by atoms with Crippen LogP contribution in [0.4, 0.5) is 0 Å². The third-order valence-corrected chi connectivity index (χ3v) is 13.3. The number of rotatable bonds is 13. The second kappa shape index (κ2) is 13.7. The molecular weight excluding hydrogens is 512 g/mol. The second-order valence-electron chi connectivity index (χ2n) is 15.6. The minimum absolute atomic E-state index is 0.252. The molecule has 3 saturated carbocycles. The number of fused-ring (bicyclic) bond motifs is 5. The van der Waals surface area contributed by atoms with E-state index in [1.54, 1.807) is 0 Å². The molecule has 4 aliphatic rings. The maximum atomic E-state index is 13.0. The summed E-state index contributed by atoms with van der Waals surface area (Å²) in [6.07, 6.45) is 21.6. The zero-order valence-electron chi connectivity index (χ0n) is 27.0. The van der Waals surface area contributed by atoms with Crippen LogP contribution in [0.5, 0.6) is 0 Å². The predicted octanol–water partition coefficient (Wildman–Crippen LogP) is 8.77. The van der Waals surface area contributed by atoms with E-state index < -0.39 is 0 Å². The number of nitrogens with one attached hydrogen (secondary N) is 1. The summed E-state index contributed by atoms with van der Waals surface area (Å²) in [6.45, 7) is 11.9. The number of likely N-dealkylation sites (tertiary alicyclic amines) is 1. The van der Waals surface area contributed by atoms with Crippen molar-refractivity contribution in [2.75, 3.05) is 12.8 Å². The fourth-order valence-corrected chi connectivity index (χ4v) is 10.6. The molecule has 0 aromatic carbocycles. The average Bonchev–Trinajstić information content (AvgIpc) is 3.22. The van der Waals surface area contributed by atoms with Crippen molar-refractivity contribution in [2.24, 2.45) is 28.6 Å². The lowest BCUT2D eigenvalue weighted by atomic mass is 9.47. The number of unbranched alkanes of at least 4 members (excludes halogenated alkanes) is 8. The van der Waals surface area contributed by atoms with Crippen LogP contribution in [0, 0.1) is 28.6 Å². The van der Waals surface area contributed by atoms with Gasteiger partial charge in [0.1, 0.15) is 0 Å². The normalized spacial score (nSPS) is 35.7. The summed E-state index contributed by atoms with van der Waals surface area (Å²) < 4.78 is 0.405. The molecule has 3 aliphatic carbocycles. The molecule has 1 heterocycles. The Kier molecular flexibility index (Phi) is 11.0. The number of nitrogens with zero attached hydrogens (tertiary/aromatic N) is 1. The standard InChI is InChI=1S/C35H62N2O2S/c1-33(2,3)40-25-15-13-11-9-7-8-10-12-14-16-31(38)36-29-19-18-27-26-17-20-30-35(5,24-22-32(39)37(30)6)28(26)21-23-34(27,29)4/h26-30H,7-25H2,1-6H3,(H,36,38)/t26-,27-,28+,29?,30?,34-,35+/m0/s1. The average molecular weight is 575 g/mol. The lowest BCUT2D eigenvalue weighted by Crippen LogP contribution is -2.62. The van der Waals surface area contributed by atoms with Gasteiger partial charge in [-0.05, 0) is 92.1 Å². The minimum atomic E-state index is 0.252. The minimum Gasteiger partial charge on any atom is -0.353 e. The van der Waals surface area contributed by atoms with Gasteiger partial charge in [-0.15, -0.1) is 0 Å². The highest BCUT2D eigenvalue weighted by Crippen LogP contribution is 2.64. The summed E-state index contributed by atoms with van der Waals surface area (Å²) in [6, 6.07) is 0.785. The number of hydrogen-bond acceptors (Lipinski definition) is 3. The molecule has 0 bridgehead atoms.